The lowest BCUT2D eigenvalue weighted by Gasteiger charge is -2.36. The summed E-state index contributed by atoms with van der Waals surface area (Å²) in [5, 5.41) is 7.98. The molecule has 1 unspecified atom stereocenters. The maximum atomic E-state index is 11.6. The highest BCUT2D eigenvalue weighted by Crippen LogP contribution is 2.22. The molecular formula is C19H26N4O2. The van der Waals surface area contributed by atoms with E-state index in [1.54, 1.807) is 20.2 Å². The second-order valence-corrected chi connectivity index (χ2v) is 6.44. The molecule has 0 amide bonds. The van der Waals surface area contributed by atoms with Crippen LogP contribution in [0.4, 0.5) is 5.82 Å². The summed E-state index contributed by atoms with van der Waals surface area (Å²) in [7, 11) is 3.40. The maximum absolute atomic E-state index is 11.6. The number of ether oxygens (including phenoxy) is 1. The van der Waals surface area contributed by atoms with Gasteiger partial charge in [0.15, 0.2) is 0 Å². The van der Waals surface area contributed by atoms with Crippen LogP contribution >= 0.6 is 0 Å². The molecule has 0 saturated carbocycles. The van der Waals surface area contributed by atoms with Crippen LogP contribution < -0.4 is 20.5 Å². The van der Waals surface area contributed by atoms with E-state index >= 15 is 0 Å². The molecule has 1 N–H and O–H groups in total. The van der Waals surface area contributed by atoms with Crippen LogP contribution in [0.1, 0.15) is 24.8 Å². The molecule has 134 valence electrons. The van der Waals surface area contributed by atoms with Gasteiger partial charge in [-0.25, -0.2) is 4.68 Å². The van der Waals surface area contributed by atoms with Gasteiger partial charge in [-0.3, -0.25) is 4.79 Å². The first-order valence-electron chi connectivity index (χ1n) is 8.82. The lowest BCUT2D eigenvalue weighted by Crippen LogP contribution is -2.46. The predicted octanol–water partition coefficient (Wildman–Crippen LogP) is 1.94. The zero-order chi connectivity index (χ0) is 17.6. The molecule has 0 radical (unpaired) electrons. The number of rotatable bonds is 6. The first-order chi connectivity index (χ1) is 12.2. The molecule has 1 aliphatic heterocycles. The van der Waals surface area contributed by atoms with E-state index in [9.17, 15) is 4.79 Å². The number of aryl methyl sites for hydroxylation is 1. The quantitative estimate of drug-likeness (QED) is 0.869. The van der Waals surface area contributed by atoms with Gasteiger partial charge < -0.3 is 15.0 Å². The number of hydrogen-bond donors (Lipinski definition) is 1. The summed E-state index contributed by atoms with van der Waals surface area (Å²) in [6.07, 6.45) is 3.51. The van der Waals surface area contributed by atoms with Crippen molar-refractivity contribution in [2.24, 2.45) is 7.05 Å². The number of aromatic nitrogens is 2. The van der Waals surface area contributed by atoms with Crippen molar-refractivity contribution < 1.29 is 4.74 Å². The molecule has 6 nitrogen and oxygen atoms in total. The summed E-state index contributed by atoms with van der Waals surface area (Å²) in [4.78, 5) is 13.9. The number of hydrogen-bond acceptors (Lipinski definition) is 5. The van der Waals surface area contributed by atoms with Gasteiger partial charge >= 0.3 is 0 Å². The van der Waals surface area contributed by atoms with Crippen molar-refractivity contribution in [3.63, 3.8) is 0 Å². The highest BCUT2D eigenvalue weighted by atomic mass is 16.5. The summed E-state index contributed by atoms with van der Waals surface area (Å²) in [5.41, 5.74) is 1.08. The molecule has 1 aliphatic rings. The topological polar surface area (TPSA) is 59.4 Å². The normalized spacial score (nSPS) is 17.5. The molecular weight excluding hydrogens is 316 g/mol. The van der Waals surface area contributed by atoms with Gasteiger partial charge in [-0.2, -0.15) is 5.10 Å². The average molecular weight is 342 g/mol. The van der Waals surface area contributed by atoms with E-state index in [1.807, 2.05) is 24.3 Å². The SMILES string of the molecule is COc1ccccc1CNCC1CCCCN1c1ccc(=O)n(C)n1. The Bertz CT molecular complexity index is 759. The number of methoxy groups -OCH3 is 1. The molecule has 6 heteroatoms. The van der Waals surface area contributed by atoms with Crippen LogP contribution in [-0.4, -0.2) is 36.0 Å². The number of para-hydroxylation sites is 1. The Morgan fingerprint density at radius 1 is 1.24 bits per heavy atom. The van der Waals surface area contributed by atoms with Crippen LogP contribution in [0.3, 0.4) is 0 Å². The van der Waals surface area contributed by atoms with Gasteiger partial charge in [-0.1, -0.05) is 18.2 Å². The highest BCUT2D eigenvalue weighted by molar-refractivity contribution is 5.39. The second kappa shape index (κ2) is 8.16. The molecule has 1 aromatic heterocycles. The zero-order valence-electron chi connectivity index (χ0n) is 14.9. The van der Waals surface area contributed by atoms with Crippen LogP contribution in [0.2, 0.25) is 0 Å². The van der Waals surface area contributed by atoms with Crippen LogP contribution in [0.15, 0.2) is 41.2 Å². The summed E-state index contributed by atoms with van der Waals surface area (Å²) >= 11 is 0. The Morgan fingerprint density at radius 2 is 2.08 bits per heavy atom. The summed E-state index contributed by atoms with van der Waals surface area (Å²) in [6, 6.07) is 11.9. The van der Waals surface area contributed by atoms with Crippen molar-refractivity contribution in [3.8, 4) is 5.75 Å². The van der Waals surface area contributed by atoms with Crippen LogP contribution in [-0.2, 0) is 13.6 Å². The van der Waals surface area contributed by atoms with E-state index in [1.165, 1.54) is 11.1 Å². The molecule has 2 heterocycles. The van der Waals surface area contributed by atoms with E-state index < -0.39 is 0 Å². The minimum absolute atomic E-state index is 0.0772. The molecule has 2 aromatic rings. The number of benzene rings is 1. The number of nitrogens with one attached hydrogen (secondary N) is 1. The minimum atomic E-state index is -0.0772. The van der Waals surface area contributed by atoms with Gasteiger partial charge in [0.1, 0.15) is 11.6 Å². The van der Waals surface area contributed by atoms with E-state index in [-0.39, 0.29) is 5.56 Å². The largest absolute Gasteiger partial charge is 0.496 e. The van der Waals surface area contributed by atoms with Gasteiger partial charge in [0, 0.05) is 44.4 Å². The number of piperidine rings is 1. The van der Waals surface area contributed by atoms with Crippen molar-refractivity contribution in [2.75, 3.05) is 25.1 Å². The van der Waals surface area contributed by atoms with Crippen molar-refractivity contribution >= 4 is 5.82 Å². The molecule has 1 saturated heterocycles. The first kappa shape index (κ1) is 17.5. The van der Waals surface area contributed by atoms with Gasteiger partial charge in [-0.15, -0.1) is 0 Å². The second-order valence-electron chi connectivity index (χ2n) is 6.44. The third-order valence-corrected chi connectivity index (χ3v) is 4.76. The molecule has 25 heavy (non-hydrogen) atoms. The Balaban J connectivity index is 1.65. The molecule has 3 rings (SSSR count). The summed E-state index contributed by atoms with van der Waals surface area (Å²) in [6.45, 7) is 2.63. The molecule has 1 atom stereocenters. The van der Waals surface area contributed by atoms with Gasteiger partial charge in [-0.05, 0) is 31.4 Å². The fourth-order valence-electron chi connectivity index (χ4n) is 3.38. The molecule has 0 bridgehead atoms. The van der Waals surface area contributed by atoms with Crippen LogP contribution in [0, 0.1) is 0 Å². The van der Waals surface area contributed by atoms with Crippen molar-refractivity contribution in [1.29, 1.82) is 0 Å². The molecule has 0 spiro atoms. The van der Waals surface area contributed by atoms with Gasteiger partial charge in [0.25, 0.3) is 5.56 Å². The molecule has 1 fully saturated rings. The number of nitrogens with zero attached hydrogens (tertiary/aromatic N) is 3. The fraction of sp³-hybridized carbons (Fsp3) is 0.474. The zero-order valence-corrected chi connectivity index (χ0v) is 14.9. The molecule has 1 aromatic carbocycles. The Hall–Kier alpha value is -2.34. The van der Waals surface area contributed by atoms with E-state index in [0.29, 0.717) is 6.04 Å². The van der Waals surface area contributed by atoms with E-state index in [4.69, 9.17) is 4.74 Å². The average Bonchev–Trinajstić information content (AvgIpc) is 2.65. The highest BCUT2D eigenvalue weighted by Gasteiger charge is 2.23. The molecule has 0 aliphatic carbocycles. The minimum Gasteiger partial charge on any atom is -0.496 e. The van der Waals surface area contributed by atoms with Crippen LogP contribution in [0.25, 0.3) is 0 Å². The fourth-order valence-corrected chi connectivity index (χ4v) is 3.38. The smallest absolute Gasteiger partial charge is 0.266 e. The third kappa shape index (κ3) is 4.20. The predicted molar refractivity (Wildman–Crippen MR) is 99.2 cm³/mol. The summed E-state index contributed by atoms with van der Waals surface area (Å²) in [5.74, 6) is 1.79. The Labute approximate surface area is 148 Å². The van der Waals surface area contributed by atoms with Crippen LogP contribution in [0.5, 0.6) is 5.75 Å². The van der Waals surface area contributed by atoms with Crippen molar-refractivity contribution in [1.82, 2.24) is 15.1 Å². The standard InChI is InChI=1S/C19H26N4O2/c1-22-19(24)11-10-18(21-22)23-12-6-5-8-16(23)14-20-13-15-7-3-4-9-17(15)25-2/h3-4,7,9-11,16,20H,5-6,8,12-14H2,1-2H3. The lowest BCUT2D eigenvalue weighted by atomic mass is 10.0. The first-order valence-corrected chi connectivity index (χ1v) is 8.82. The van der Waals surface area contributed by atoms with E-state index in [2.05, 4.69) is 21.4 Å². The van der Waals surface area contributed by atoms with E-state index in [0.717, 1.165) is 49.6 Å². The van der Waals surface area contributed by atoms with Crippen molar-refractivity contribution in [2.45, 2.75) is 31.8 Å². The Kier molecular flexibility index (Phi) is 5.71. The monoisotopic (exact) mass is 342 g/mol. The summed E-state index contributed by atoms with van der Waals surface area (Å²) < 4.78 is 6.82. The Morgan fingerprint density at radius 3 is 2.88 bits per heavy atom. The van der Waals surface area contributed by atoms with Gasteiger partial charge in [0.2, 0.25) is 0 Å². The number of anilines is 1. The van der Waals surface area contributed by atoms with Crippen molar-refractivity contribution in [3.05, 3.63) is 52.3 Å². The third-order valence-electron chi connectivity index (χ3n) is 4.76. The van der Waals surface area contributed by atoms with Gasteiger partial charge in [0.05, 0.1) is 7.11 Å². The maximum Gasteiger partial charge on any atom is 0.266 e. The lowest BCUT2D eigenvalue weighted by molar-refractivity contribution is 0.402.